The molecule has 0 bridgehead atoms. The van der Waals surface area contributed by atoms with Crippen molar-refractivity contribution in [3.8, 4) is 5.75 Å². The number of nitrogens with one attached hydrogen (secondary N) is 2. The van der Waals surface area contributed by atoms with Crippen LogP contribution in [0, 0.1) is 5.92 Å². The fourth-order valence-electron chi connectivity index (χ4n) is 5.75. The lowest BCUT2D eigenvalue weighted by atomic mass is 9.75. The number of hydrogen-bond acceptors (Lipinski definition) is 4. The number of carbonyl (C=O) groups excluding carboxylic acids is 1. The minimum Gasteiger partial charge on any atom is -0.508 e. The highest BCUT2D eigenvalue weighted by molar-refractivity contribution is 5.95. The average Bonchev–Trinajstić information content (AvgIpc) is 3.54. The molecule has 2 heterocycles. The van der Waals surface area contributed by atoms with E-state index in [1.165, 1.54) is 0 Å². The number of fused-ring (bicyclic) bond motifs is 4. The highest BCUT2D eigenvalue weighted by atomic mass is 16.5. The molecule has 6 rings (SSSR count). The van der Waals surface area contributed by atoms with Gasteiger partial charge in [0.25, 0.3) is 5.91 Å². The third-order valence-corrected chi connectivity index (χ3v) is 7.40. The van der Waals surface area contributed by atoms with Gasteiger partial charge in [-0.25, -0.2) is 0 Å². The Balaban J connectivity index is 1.32. The van der Waals surface area contributed by atoms with Gasteiger partial charge in [0, 0.05) is 35.9 Å². The second kappa shape index (κ2) is 8.23. The summed E-state index contributed by atoms with van der Waals surface area (Å²) in [5.41, 5.74) is 3.81. The lowest BCUT2D eigenvalue weighted by molar-refractivity contribution is 0.0857. The molecular weight excluding hydrogens is 412 g/mol. The van der Waals surface area contributed by atoms with Crippen molar-refractivity contribution >= 4 is 22.4 Å². The molecular formula is C28H28N2O3. The van der Waals surface area contributed by atoms with Crippen molar-refractivity contribution < 1.29 is 14.6 Å². The lowest BCUT2D eigenvalue weighted by Gasteiger charge is -2.38. The number of benzene rings is 3. The van der Waals surface area contributed by atoms with Crippen molar-refractivity contribution in [1.29, 1.82) is 0 Å². The van der Waals surface area contributed by atoms with E-state index >= 15 is 0 Å². The topological polar surface area (TPSA) is 70.6 Å². The number of phenolic OH excluding ortho intramolecular Hbond substituents is 1. The van der Waals surface area contributed by atoms with Crippen molar-refractivity contribution in [2.45, 2.75) is 37.3 Å². The first-order chi connectivity index (χ1) is 16.2. The maximum Gasteiger partial charge on any atom is 0.251 e. The van der Waals surface area contributed by atoms with Crippen LogP contribution in [0.25, 0.3) is 10.8 Å². The molecule has 1 aliphatic carbocycles. The number of hydrogen-bond donors (Lipinski definition) is 3. The van der Waals surface area contributed by atoms with Gasteiger partial charge in [-0.2, -0.15) is 0 Å². The van der Waals surface area contributed by atoms with Crippen LogP contribution in [0.4, 0.5) is 5.69 Å². The molecule has 168 valence electrons. The van der Waals surface area contributed by atoms with E-state index in [4.69, 9.17) is 4.74 Å². The van der Waals surface area contributed by atoms with E-state index in [1.807, 2.05) is 36.4 Å². The molecule has 33 heavy (non-hydrogen) atoms. The lowest BCUT2D eigenvalue weighted by Crippen LogP contribution is -2.32. The smallest absolute Gasteiger partial charge is 0.251 e. The van der Waals surface area contributed by atoms with Crippen LogP contribution in [0.2, 0.25) is 0 Å². The van der Waals surface area contributed by atoms with Gasteiger partial charge in [-0.3, -0.25) is 4.79 Å². The quantitative estimate of drug-likeness (QED) is 0.483. The maximum absolute atomic E-state index is 12.8. The molecule has 0 aromatic heterocycles. The molecule has 4 unspecified atom stereocenters. The zero-order chi connectivity index (χ0) is 22.4. The summed E-state index contributed by atoms with van der Waals surface area (Å²) < 4.78 is 5.63. The van der Waals surface area contributed by atoms with Crippen LogP contribution in [0.3, 0.4) is 0 Å². The molecule has 0 saturated carbocycles. The Bertz CT molecular complexity index is 1250. The molecule has 3 N–H and O–H groups in total. The first-order valence-electron chi connectivity index (χ1n) is 11.9. The number of rotatable bonds is 4. The van der Waals surface area contributed by atoms with Gasteiger partial charge in [-0.1, -0.05) is 42.5 Å². The summed E-state index contributed by atoms with van der Waals surface area (Å²) in [6.45, 7) is 1.34. The fraction of sp³-hybridized carbons (Fsp3) is 0.321. The fourth-order valence-corrected chi connectivity index (χ4v) is 5.75. The molecule has 1 amide bonds. The standard InChI is InChI=1S/C28H28N2O3/c31-25-13-11-17-5-1-2-7-20(17)26(25)27-22-9-3-8-21(22)23-15-18(10-12-24(23)30-27)28(32)29-16-19-6-4-14-33-19/h1-3,5,7-8,10-13,15,19,21-22,27,30-31H,4,6,9,14,16H2,(H,29,32). The monoisotopic (exact) mass is 440 g/mol. The second-order valence-corrected chi connectivity index (χ2v) is 9.34. The molecule has 2 aliphatic heterocycles. The number of phenols is 1. The van der Waals surface area contributed by atoms with Crippen LogP contribution < -0.4 is 10.6 Å². The second-order valence-electron chi connectivity index (χ2n) is 9.34. The Morgan fingerprint density at radius 2 is 2.06 bits per heavy atom. The number of ether oxygens (including phenoxy) is 1. The zero-order valence-corrected chi connectivity index (χ0v) is 18.5. The van der Waals surface area contributed by atoms with Crippen molar-refractivity contribution in [3.63, 3.8) is 0 Å². The SMILES string of the molecule is O=C(NCC1CCCO1)c1ccc2c(c1)C1C=CCC1C(c1c(O)ccc3ccccc13)N2. The molecule has 3 aliphatic rings. The Kier molecular flexibility index (Phi) is 5.07. The Morgan fingerprint density at radius 1 is 1.15 bits per heavy atom. The first kappa shape index (κ1) is 20.3. The molecule has 5 nitrogen and oxygen atoms in total. The molecule has 4 atom stereocenters. The normalized spacial score (nSPS) is 25.5. The summed E-state index contributed by atoms with van der Waals surface area (Å²) >= 11 is 0. The van der Waals surface area contributed by atoms with Crippen molar-refractivity contribution in [2.24, 2.45) is 5.92 Å². The van der Waals surface area contributed by atoms with E-state index < -0.39 is 0 Å². The van der Waals surface area contributed by atoms with E-state index in [1.54, 1.807) is 6.07 Å². The van der Waals surface area contributed by atoms with Crippen LogP contribution in [0.15, 0.2) is 66.7 Å². The minimum absolute atomic E-state index is 0.0113. The predicted molar refractivity (Wildman–Crippen MR) is 130 cm³/mol. The van der Waals surface area contributed by atoms with E-state index in [2.05, 4.69) is 34.9 Å². The predicted octanol–water partition coefficient (Wildman–Crippen LogP) is 5.28. The van der Waals surface area contributed by atoms with Gasteiger partial charge in [-0.05, 0) is 65.8 Å². The highest BCUT2D eigenvalue weighted by Crippen LogP contribution is 2.52. The number of allylic oxidation sites excluding steroid dienone is 2. The Labute approximate surface area is 193 Å². The molecule has 1 saturated heterocycles. The largest absolute Gasteiger partial charge is 0.508 e. The van der Waals surface area contributed by atoms with E-state index in [9.17, 15) is 9.90 Å². The zero-order valence-electron chi connectivity index (χ0n) is 18.5. The van der Waals surface area contributed by atoms with Gasteiger partial charge < -0.3 is 20.5 Å². The van der Waals surface area contributed by atoms with Crippen LogP contribution in [0.5, 0.6) is 5.75 Å². The Hall–Kier alpha value is -3.31. The van der Waals surface area contributed by atoms with Gasteiger partial charge in [0.1, 0.15) is 5.75 Å². The first-order valence-corrected chi connectivity index (χ1v) is 11.9. The van der Waals surface area contributed by atoms with Gasteiger partial charge >= 0.3 is 0 Å². The molecule has 0 radical (unpaired) electrons. The van der Waals surface area contributed by atoms with Gasteiger partial charge in [0.05, 0.1) is 12.1 Å². The third kappa shape index (κ3) is 3.57. The molecule has 1 fully saturated rings. The van der Waals surface area contributed by atoms with E-state index in [0.29, 0.717) is 17.9 Å². The van der Waals surface area contributed by atoms with E-state index in [0.717, 1.165) is 53.5 Å². The molecule has 3 aromatic carbocycles. The van der Waals surface area contributed by atoms with Crippen LogP contribution in [0.1, 0.15) is 52.7 Å². The third-order valence-electron chi connectivity index (χ3n) is 7.40. The number of carbonyl (C=O) groups is 1. The van der Waals surface area contributed by atoms with Gasteiger partial charge in [-0.15, -0.1) is 0 Å². The van der Waals surface area contributed by atoms with Crippen molar-refractivity contribution in [3.05, 3.63) is 83.4 Å². The summed E-state index contributed by atoms with van der Waals surface area (Å²) in [6, 6.07) is 17.9. The van der Waals surface area contributed by atoms with Gasteiger partial charge in [0.15, 0.2) is 0 Å². The van der Waals surface area contributed by atoms with Gasteiger partial charge in [0.2, 0.25) is 0 Å². The molecule has 3 aromatic rings. The van der Waals surface area contributed by atoms with Crippen molar-refractivity contribution in [2.75, 3.05) is 18.5 Å². The number of anilines is 1. The minimum atomic E-state index is -0.0550. The maximum atomic E-state index is 12.8. The van der Waals surface area contributed by atoms with E-state index in [-0.39, 0.29) is 29.9 Å². The summed E-state index contributed by atoms with van der Waals surface area (Å²) in [5, 5.41) is 19.8. The Morgan fingerprint density at radius 3 is 2.94 bits per heavy atom. The average molecular weight is 441 g/mol. The summed E-state index contributed by atoms with van der Waals surface area (Å²) in [7, 11) is 0. The molecule has 0 spiro atoms. The number of amides is 1. The van der Waals surface area contributed by atoms with Crippen LogP contribution >= 0.6 is 0 Å². The molecule has 5 heteroatoms. The highest BCUT2D eigenvalue weighted by Gasteiger charge is 2.39. The van der Waals surface area contributed by atoms with Crippen LogP contribution in [-0.4, -0.2) is 30.3 Å². The van der Waals surface area contributed by atoms with Crippen molar-refractivity contribution in [1.82, 2.24) is 5.32 Å². The summed E-state index contributed by atoms with van der Waals surface area (Å²) in [4.78, 5) is 12.8. The summed E-state index contributed by atoms with van der Waals surface area (Å²) in [6.07, 6.45) is 7.61. The number of aromatic hydroxyl groups is 1. The summed E-state index contributed by atoms with van der Waals surface area (Å²) in [5.74, 6) is 0.751. The van der Waals surface area contributed by atoms with Crippen LogP contribution in [-0.2, 0) is 4.74 Å².